The fraction of sp³-hybridized carbons (Fsp3) is 0.136. The zero-order valence-corrected chi connectivity index (χ0v) is 15.7. The SMILES string of the molecule is COc1ccc(OC)c(C=Nc2ccc(CSc3ccccc3)cc2)c1. The molecule has 0 spiro atoms. The average Bonchev–Trinajstić information content (AvgIpc) is 2.72. The molecular formula is C22H21NO2S. The third-order valence-corrected chi connectivity index (χ3v) is 4.96. The van der Waals surface area contributed by atoms with E-state index in [4.69, 9.17) is 9.47 Å². The number of ether oxygens (including phenoxy) is 2. The van der Waals surface area contributed by atoms with Gasteiger partial charge in [-0.05, 0) is 48.0 Å². The minimum absolute atomic E-state index is 0.769. The van der Waals surface area contributed by atoms with E-state index in [-0.39, 0.29) is 0 Å². The Morgan fingerprint density at radius 1 is 0.885 bits per heavy atom. The first kappa shape index (κ1) is 18.1. The van der Waals surface area contributed by atoms with Crippen LogP contribution in [0, 0.1) is 0 Å². The molecule has 0 unspecified atom stereocenters. The van der Waals surface area contributed by atoms with Gasteiger partial charge in [0.25, 0.3) is 0 Å². The molecule has 0 aliphatic rings. The smallest absolute Gasteiger partial charge is 0.127 e. The molecular weight excluding hydrogens is 342 g/mol. The van der Waals surface area contributed by atoms with Gasteiger partial charge in [0, 0.05) is 22.4 Å². The molecule has 0 saturated carbocycles. The van der Waals surface area contributed by atoms with Gasteiger partial charge in [-0.2, -0.15) is 0 Å². The van der Waals surface area contributed by atoms with Crippen molar-refractivity contribution >= 4 is 23.7 Å². The van der Waals surface area contributed by atoms with Crippen molar-refractivity contribution in [2.24, 2.45) is 4.99 Å². The standard InChI is InChI=1S/C22H21NO2S/c1-24-20-12-13-22(25-2)18(14-20)15-23-19-10-8-17(9-11-19)16-26-21-6-4-3-5-7-21/h3-15H,16H2,1-2H3. The first-order valence-electron chi connectivity index (χ1n) is 8.31. The summed E-state index contributed by atoms with van der Waals surface area (Å²) in [6, 6.07) is 24.4. The van der Waals surface area contributed by atoms with E-state index >= 15 is 0 Å². The number of hydrogen-bond donors (Lipinski definition) is 0. The van der Waals surface area contributed by atoms with Gasteiger partial charge in [0.2, 0.25) is 0 Å². The Morgan fingerprint density at radius 2 is 1.65 bits per heavy atom. The summed E-state index contributed by atoms with van der Waals surface area (Å²) in [6.45, 7) is 0. The van der Waals surface area contributed by atoms with E-state index in [1.807, 2.05) is 48.2 Å². The van der Waals surface area contributed by atoms with E-state index in [1.165, 1.54) is 10.5 Å². The Bertz CT molecular complexity index is 861. The number of methoxy groups -OCH3 is 2. The predicted octanol–water partition coefficient (Wildman–Crippen LogP) is 5.75. The fourth-order valence-corrected chi connectivity index (χ4v) is 3.32. The number of hydrogen-bond acceptors (Lipinski definition) is 4. The van der Waals surface area contributed by atoms with Crippen LogP contribution in [0.4, 0.5) is 5.69 Å². The third-order valence-electron chi connectivity index (χ3n) is 3.87. The van der Waals surface area contributed by atoms with Crippen molar-refractivity contribution < 1.29 is 9.47 Å². The topological polar surface area (TPSA) is 30.8 Å². The highest BCUT2D eigenvalue weighted by Gasteiger charge is 2.03. The molecule has 4 heteroatoms. The molecule has 0 fully saturated rings. The van der Waals surface area contributed by atoms with Crippen LogP contribution in [0.15, 0.2) is 82.7 Å². The molecule has 0 heterocycles. The van der Waals surface area contributed by atoms with Crippen LogP contribution in [-0.2, 0) is 5.75 Å². The Hall–Kier alpha value is -2.72. The molecule has 0 aliphatic carbocycles. The highest BCUT2D eigenvalue weighted by Crippen LogP contribution is 2.25. The Balaban J connectivity index is 1.66. The van der Waals surface area contributed by atoms with Crippen LogP contribution in [0.25, 0.3) is 0 Å². The molecule has 132 valence electrons. The fourth-order valence-electron chi connectivity index (χ4n) is 2.45. The molecule has 3 aromatic carbocycles. The van der Waals surface area contributed by atoms with E-state index < -0.39 is 0 Å². The maximum absolute atomic E-state index is 5.38. The van der Waals surface area contributed by atoms with Gasteiger partial charge < -0.3 is 9.47 Å². The molecule has 0 atom stereocenters. The van der Waals surface area contributed by atoms with Crippen molar-refractivity contribution in [3.8, 4) is 11.5 Å². The molecule has 0 amide bonds. The monoisotopic (exact) mass is 363 g/mol. The lowest BCUT2D eigenvalue weighted by Gasteiger charge is -2.07. The van der Waals surface area contributed by atoms with Crippen molar-refractivity contribution in [2.75, 3.05) is 14.2 Å². The molecule has 0 aliphatic heterocycles. The molecule has 0 N–H and O–H groups in total. The molecule has 0 bridgehead atoms. The third kappa shape index (κ3) is 4.90. The van der Waals surface area contributed by atoms with Gasteiger partial charge in [-0.3, -0.25) is 4.99 Å². The Kier molecular flexibility index (Phi) is 6.34. The Morgan fingerprint density at radius 3 is 2.35 bits per heavy atom. The van der Waals surface area contributed by atoms with Gasteiger partial charge in [-0.25, -0.2) is 0 Å². The largest absolute Gasteiger partial charge is 0.497 e. The number of rotatable bonds is 7. The lowest BCUT2D eigenvalue weighted by Crippen LogP contribution is -1.92. The van der Waals surface area contributed by atoms with Gasteiger partial charge in [-0.15, -0.1) is 11.8 Å². The van der Waals surface area contributed by atoms with Gasteiger partial charge in [0.05, 0.1) is 19.9 Å². The average molecular weight is 363 g/mol. The van der Waals surface area contributed by atoms with Crippen LogP contribution in [0.2, 0.25) is 0 Å². The van der Waals surface area contributed by atoms with Gasteiger partial charge in [-0.1, -0.05) is 30.3 Å². The van der Waals surface area contributed by atoms with Crippen molar-refractivity contribution in [3.05, 3.63) is 83.9 Å². The second-order valence-electron chi connectivity index (χ2n) is 5.63. The van der Waals surface area contributed by atoms with Crippen molar-refractivity contribution in [3.63, 3.8) is 0 Å². The second kappa shape index (κ2) is 9.11. The summed E-state index contributed by atoms with van der Waals surface area (Å²) in [5.74, 6) is 2.49. The lowest BCUT2D eigenvalue weighted by molar-refractivity contribution is 0.402. The molecule has 3 aromatic rings. The molecule has 3 nitrogen and oxygen atoms in total. The van der Waals surface area contributed by atoms with E-state index in [0.29, 0.717) is 0 Å². The van der Waals surface area contributed by atoms with Crippen LogP contribution in [0.5, 0.6) is 11.5 Å². The van der Waals surface area contributed by atoms with Crippen LogP contribution in [0.3, 0.4) is 0 Å². The van der Waals surface area contributed by atoms with Crippen LogP contribution < -0.4 is 9.47 Å². The minimum Gasteiger partial charge on any atom is -0.497 e. The highest BCUT2D eigenvalue weighted by molar-refractivity contribution is 7.98. The van der Waals surface area contributed by atoms with Crippen molar-refractivity contribution in [1.82, 2.24) is 0 Å². The summed E-state index contributed by atoms with van der Waals surface area (Å²) in [4.78, 5) is 5.83. The first-order chi connectivity index (χ1) is 12.8. The summed E-state index contributed by atoms with van der Waals surface area (Å²) in [5.41, 5.74) is 3.07. The van der Waals surface area contributed by atoms with Crippen LogP contribution >= 0.6 is 11.8 Å². The molecule has 26 heavy (non-hydrogen) atoms. The van der Waals surface area contributed by atoms with E-state index in [0.717, 1.165) is 28.5 Å². The number of aliphatic imine (C=N–C) groups is 1. The molecule has 0 saturated heterocycles. The summed E-state index contributed by atoms with van der Waals surface area (Å²) >= 11 is 1.83. The van der Waals surface area contributed by atoms with E-state index in [2.05, 4.69) is 41.4 Å². The van der Waals surface area contributed by atoms with Gasteiger partial charge in [0.1, 0.15) is 11.5 Å². The molecule has 0 aromatic heterocycles. The van der Waals surface area contributed by atoms with Crippen LogP contribution in [0.1, 0.15) is 11.1 Å². The zero-order chi connectivity index (χ0) is 18.2. The van der Waals surface area contributed by atoms with Crippen molar-refractivity contribution in [2.45, 2.75) is 10.6 Å². The normalized spacial score (nSPS) is 10.8. The number of nitrogens with zero attached hydrogens (tertiary/aromatic N) is 1. The number of thioether (sulfide) groups is 1. The van der Waals surface area contributed by atoms with E-state index in [1.54, 1.807) is 20.4 Å². The predicted molar refractivity (Wildman–Crippen MR) is 109 cm³/mol. The molecule has 0 radical (unpaired) electrons. The molecule has 3 rings (SSSR count). The maximum atomic E-state index is 5.38. The summed E-state index contributed by atoms with van der Waals surface area (Å²) < 4.78 is 10.6. The van der Waals surface area contributed by atoms with Crippen molar-refractivity contribution in [1.29, 1.82) is 0 Å². The van der Waals surface area contributed by atoms with Gasteiger partial charge >= 0.3 is 0 Å². The van der Waals surface area contributed by atoms with Gasteiger partial charge in [0.15, 0.2) is 0 Å². The second-order valence-corrected chi connectivity index (χ2v) is 6.68. The summed E-state index contributed by atoms with van der Waals surface area (Å²) in [5, 5.41) is 0. The highest BCUT2D eigenvalue weighted by atomic mass is 32.2. The summed E-state index contributed by atoms with van der Waals surface area (Å²) in [6.07, 6.45) is 1.80. The summed E-state index contributed by atoms with van der Waals surface area (Å²) in [7, 11) is 3.30. The first-order valence-corrected chi connectivity index (χ1v) is 9.30. The Labute approximate surface area is 158 Å². The maximum Gasteiger partial charge on any atom is 0.127 e. The zero-order valence-electron chi connectivity index (χ0n) is 14.9. The van der Waals surface area contributed by atoms with Crippen LogP contribution in [-0.4, -0.2) is 20.4 Å². The quantitative estimate of drug-likeness (QED) is 0.396. The van der Waals surface area contributed by atoms with E-state index in [9.17, 15) is 0 Å². The number of benzene rings is 3. The minimum atomic E-state index is 0.769. The lowest BCUT2D eigenvalue weighted by atomic mass is 10.2.